The summed E-state index contributed by atoms with van der Waals surface area (Å²) in [6.07, 6.45) is -0.415. The summed E-state index contributed by atoms with van der Waals surface area (Å²) in [6, 6.07) is 5.78. The lowest BCUT2D eigenvalue weighted by molar-refractivity contribution is 0.0764. The fraction of sp³-hybridized carbons (Fsp3) is 0.462. The highest BCUT2D eigenvalue weighted by molar-refractivity contribution is 5.73. The van der Waals surface area contributed by atoms with Crippen LogP contribution in [0.25, 0.3) is 0 Å². The molecule has 0 aliphatic carbocycles. The second kappa shape index (κ2) is 4.86. The van der Waals surface area contributed by atoms with Crippen molar-refractivity contribution in [3.05, 3.63) is 12.1 Å². The molecule has 0 aromatic heterocycles. The van der Waals surface area contributed by atoms with Gasteiger partial charge >= 0.3 is 0 Å². The van der Waals surface area contributed by atoms with Crippen LogP contribution in [-0.2, 0) is 4.74 Å². The fourth-order valence-corrected chi connectivity index (χ4v) is 2.31. The lowest BCUT2D eigenvalue weighted by Crippen LogP contribution is -2.42. The van der Waals surface area contributed by atoms with Gasteiger partial charge in [0.25, 0.3) is 0 Å². The third kappa shape index (κ3) is 2.25. The Morgan fingerprint density at radius 3 is 2.68 bits per heavy atom. The number of anilines is 2. The number of hydrogen-bond donors (Lipinski definition) is 1. The molecule has 3 rings (SSSR count). The molecule has 1 aromatic carbocycles. The number of nitrogen functional groups attached to an aromatic ring is 1. The van der Waals surface area contributed by atoms with Crippen LogP contribution in [0.3, 0.4) is 0 Å². The number of ether oxygens (including phenoxy) is 3. The summed E-state index contributed by atoms with van der Waals surface area (Å²) in [7, 11) is 0. The first-order valence-corrected chi connectivity index (χ1v) is 6.23. The van der Waals surface area contributed by atoms with Crippen LogP contribution in [0.1, 0.15) is 0 Å². The van der Waals surface area contributed by atoms with Crippen LogP contribution in [0.5, 0.6) is 11.5 Å². The van der Waals surface area contributed by atoms with Gasteiger partial charge in [0.15, 0.2) is 17.6 Å². The van der Waals surface area contributed by atoms with E-state index in [0.717, 1.165) is 5.69 Å². The first-order valence-electron chi connectivity index (χ1n) is 6.23. The predicted octanol–water partition coefficient (Wildman–Crippen LogP) is 0.769. The van der Waals surface area contributed by atoms with Gasteiger partial charge in [-0.3, -0.25) is 0 Å². The van der Waals surface area contributed by atoms with E-state index in [2.05, 4.69) is 6.07 Å². The van der Waals surface area contributed by atoms with Crippen molar-refractivity contribution in [2.45, 2.75) is 6.10 Å². The zero-order valence-electron chi connectivity index (χ0n) is 10.5. The summed E-state index contributed by atoms with van der Waals surface area (Å²) >= 11 is 0. The molecule has 0 amide bonds. The van der Waals surface area contributed by atoms with Crippen LogP contribution in [0, 0.1) is 11.3 Å². The van der Waals surface area contributed by atoms with Crippen molar-refractivity contribution in [1.82, 2.24) is 0 Å². The number of benzene rings is 1. The fourth-order valence-electron chi connectivity index (χ4n) is 2.31. The highest BCUT2D eigenvalue weighted by atomic mass is 16.6. The SMILES string of the molecule is N#CC1CN(c2cc3c(cc2N)OCCO3)CCO1. The van der Waals surface area contributed by atoms with Gasteiger partial charge in [-0.05, 0) is 0 Å². The molecule has 100 valence electrons. The summed E-state index contributed by atoms with van der Waals surface area (Å²) in [5.74, 6) is 1.38. The summed E-state index contributed by atoms with van der Waals surface area (Å²) in [5.41, 5.74) is 7.56. The molecule has 6 heteroatoms. The minimum Gasteiger partial charge on any atom is -0.486 e. The van der Waals surface area contributed by atoms with Crippen molar-refractivity contribution in [1.29, 1.82) is 5.26 Å². The Balaban J connectivity index is 1.90. The molecular weight excluding hydrogens is 246 g/mol. The van der Waals surface area contributed by atoms with E-state index < -0.39 is 6.10 Å². The number of nitrogens with zero attached hydrogens (tertiary/aromatic N) is 2. The molecule has 1 fully saturated rings. The van der Waals surface area contributed by atoms with Gasteiger partial charge in [-0.2, -0.15) is 5.26 Å². The molecule has 0 bridgehead atoms. The maximum absolute atomic E-state index is 8.94. The van der Waals surface area contributed by atoms with Crippen molar-refractivity contribution in [3.63, 3.8) is 0 Å². The van der Waals surface area contributed by atoms with Crippen molar-refractivity contribution in [2.24, 2.45) is 0 Å². The number of fused-ring (bicyclic) bond motifs is 1. The zero-order chi connectivity index (χ0) is 13.2. The van der Waals surface area contributed by atoms with Gasteiger partial charge < -0.3 is 24.8 Å². The number of morpholine rings is 1. The molecule has 1 unspecified atom stereocenters. The number of nitrogens with two attached hydrogens (primary N) is 1. The number of rotatable bonds is 1. The Kier molecular flexibility index (Phi) is 3.05. The minimum atomic E-state index is -0.415. The zero-order valence-corrected chi connectivity index (χ0v) is 10.5. The van der Waals surface area contributed by atoms with E-state index in [4.69, 9.17) is 25.2 Å². The van der Waals surface area contributed by atoms with E-state index in [1.807, 2.05) is 11.0 Å². The third-order valence-electron chi connectivity index (χ3n) is 3.24. The van der Waals surface area contributed by atoms with Crippen molar-refractivity contribution >= 4 is 11.4 Å². The highest BCUT2D eigenvalue weighted by Gasteiger charge is 2.24. The maximum atomic E-state index is 8.94. The van der Waals surface area contributed by atoms with E-state index in [9.17, 15) is 0 Å². The van der Waals surface area contributed by atoms with E-state index in [1.54, 1.807) is 6.07 Å². The van der Waals surface area contributed by atoms with Gasteiger partial charge in [0, 0.05) is 18.7 Å². The van der Waals surface area contributed by atoms with Crippen LogP contribution in [0.15, 0.2) is 12.1 Å². The molecule has 0 saturated carbocycles. The van der Waals surface area contributed by atoms with Crippen LogP contribution in [-0.4, -0.2) is 39.0 Å². The second-order valence-electron chi connectivity index (χ2n) is 4.49. The number of nitriles is 1. The molecule has 2 aliphatic heterocycles. The molecule has 1 saturated heterocycles. The lowest BCUT2D eigenvalue weighted by atomic mass is 10.2. The normalized spacial score (nSPS) is 21.8. The Labute approximate surface area is 111 Å². The quantitative estimate of drug-likeness (QED) is 0.752. The average Bonchev–Trinajstić information content (AvgIpc) is 2.46. The van der Waals surface area contributed by atoms with E-state index in [1.165, 1.54) is 0 Å². The van der Waals surface area contributed by atoms with Gasteiger partial charge in [-0.15, -0.1) is 0 Å². The van der Waals surface area contributed by atoms with E-state index >= 15 is 0 Å². The van der Waals surface area contributed by atoms with Gasteiger partial charge in [-0.1, -0.05) is 0 Å². The van der Waals surface area contributed by atoms with Gasteiger partial charge in [-0.25, -0.2) is 0 Å². The molecule has 0 spiro atoms. The molecule has 6 nitrogen and oxygen atoms in total. The Morgan fingerprint density at radius 1 is 1.21 bits per heavy atom. The van der Waals surface area contributed by atoms with Crippen LogP contribution in [0.2, 0.25) is 0 Å². The molecule has 1 atom stereocenters. The summed E-state index contributed by atoms with van der Waals surface area (Å²) in [4.78, 5) is 2.05. The Bertz CT molecular complexity index is 527. The van der Waals surface area contributed by atoms with Crippen LogP contribution >= 0.6 is 0 Å². The summed E-state index contributed by atoms with van der Waals surface area (Å²) < 4.78 is 16.4. The van der Waals surface area contributed by atoms with Gasteiger partial charge in [0.05, 0.1) is 30.6 Å². The second-order valence-corrected chi connectivity index (χ2v) is 4.49. The smallest absolute Gasteiger partial charge is 0.163 e. The van der Waals surface area contributed by atoms with Gasteiger partial charge in [0.1, 0.15) is 13.2 Å². The molecule has 2 heterocycles. The lowest BCUT2D eigenvalue weighted by Gasteiger charge is -2.33. The standard InChI is InChI=1S/C13H15N3O3/c14-7-9-8-16(1-2-17-9)11-6-13-12(5-10(11)15)18-3-4-19-13/h5-6,9H,1-4,8,15H2. The third-order valence-corrected chi connectivity index (χ3v) is 3.24. The first kappa shape index (κ1) is 11.9. The van der Waals surface area contributed by atoms with Crippen LogP contribution in [0.4, 0.5) is 11.4 Å². The maximum Gasteiger partial charge on any atom is 0.163 e. The monoisotopic (exact) mass is 261 g/mol. The topological polar surface area (TPSA) is 80.7 Å². The molecular formula is C13H15N3O3. The molecule has 1 aromatic rings. The van der Waals surface area contributed by atoms with E-state index in [-0.39, 0.29) is 0 Å². The van der Waals surface area contributed by atoms with Crippen molar-refractivity contribution in [3.8, 4) is 17.6 Å². The summed E-state index contributed by atoms with van der Waals surface area (Å²) in [6.45, 7) is 2.83. The van der Waals surface area contributed by atoms with Gasteiger partial charge in [0.2, 0.25) is 0 Å². The molecule has 2 aliphatic rings. The van der Waals surface area contributed by atoms with E-state index in [0.29, 0.717) is 50.1 Å². The van der Waals surface area contributed by atoms with Crippen molar-refractivity contribution < 1.29 is 14.2 Å². The van der Waals surface area contributed by atoms with Crippen LogP contribution < -0.4 is 20.1 Å². The average molecular weight is 261 g/mol. The largest absolute Gasteiger partial charge is 0.486 e. The predicted molar refractivity (Wildman–Crippen MR) is 69.4 cm³/mol. The molecule has 0 radical (unpaired) electrons. The Hall–Kier alpha value is -2.13. The highest BCUT2D eigenvalue weighted by Crippen LogP contribution is 2.38. The van der Waals surface area contributed by atoms with Crippen molar-refractivity contribution in [2.75, 3.05) is 43.5 Å². The number of hydrogen-bond acceptors (Lipinski definition) is 6. The minimum absolute atomic E-state index is 0.415. The molecule has 2 N–H and O–H groups in total. The molecule has 19 heavy (non-hydrogen) atoms. The first-order chi connectivity index (χ1) is 9.28. The summed E-state index contributed by atoms with van der Waals surface area (Å²) in [5, 5.41) is 8.94. The Morgan fingerprint density at radius 2 is 1.95 bits per heavy atom.